The van der Waals surface area contributed by atoms with Gasteiger partial charge in [0.25, 0.3) is 0 Å². The molecular weight excluding hydrogens is 248 g/mol. The van der Waals surface area contributed by atoms with E-state index in [-0.39, 0.29) is 0 Å². The van der Waals surface area contributed by atoms with Crippen LogP contribution in [-0.4, -0.2) is 17.1 Å². The van der Waals surface area contributed by atoms with Crippen molar-refractivity contribution in [3.05, 3.63) is 24.0 Å². The van der Waals surface area contributed by atoms with Gasteiger partial charge in [-0.2, -0.15) is 0 Å². The molecule has 1 heterocycles. The first kappa shape index (κ1) is 13.9. The van der Waals surface area contributed by atoms with Gasteiger partial charge in [-0.05, 0) is 56.1 Å². The van der Waals surface area contributed by atoms with Crippen molar-refractivity contribution in [3.63, 3.8) is 0 Å². The fourth-order valence-electron chi connectivity index (χ4n) is 3.28. The van der Waals surface area contributed by atoms with E-state index in [0.29, 0.717) is 6.10 Å². The smallest absolute Gasteiger partial charge is 0.138 e. The molecule has 0 saturated heterocycles. The Morgan fingerprint density at radius 1 is 1.15 bits per heavy atom. The fourth-order valence-corrected chi connectivity index (χ4v) is 3.28. The van der Waals surface area contributed by atoms with Crippen molar-refractivity contribution in [2.45, 2.75) is 64.6 Å². The number of nitrogens with zero attached hydrogens (tertiary/aromatic N) is 1. The van der Waals surface area contributed by atoms with E-state index in [4.69, 9.17) is 4.74 Å². The Morgan fingerprint density at radius 2 is 1.90 bits per heavy atom. The standard InChI is InChI=1S/C17H26N2O/c1-12-7-13(2)9-17(8-12)20-16-6-5-15(19-11-16)10-18-14-3-4-14/h5-6,11-14,17-18H,3-4,7-10H2,1-2H3. The van der Waals surface area contributed by atoms with Crippen LogP contribution in [0.15, 0.2) is 18.3 Å². The fraction of sp³-hybridized carbons (Fsp3) is 0.706. The first-order chi connectivity index (χ1) is 9.69. The van der Waals surface area contributed by atoms with Gasteiger partial charge in [-0.15, -0.1) is 0 Å². The van der Waals surface area contributed by atoms with Crippen LogP contribution >= 0.6 is 0 Å². The number of pyridine rings is 1. The molecule has 2 unspecified atom stereocenters. The molecule has 0 aromatic carbocycles. The maximum atomic E-state index is 6.11. The zero-order valence-electron chi connectivity index (χ0n) is 12.6. The van der Waals surface area contributed by atoms with E-state index in [2.05, 4.69) is 36.3 Å². The van der Waals surface area contributed by atoms with Crippen LogP contribution in [0, 0.1) is 11.8 Å². The molecule has 2 aliphatic rings. The molecule has 1 aromatic rings. The highest BCUT2D eigenvalue weighted by Gasteiger charge is 2.25. The molecule has 0 radical (unpaired) electrons. The minimum atomic E-state index is 0.367. The Kier molecular flexibility index (Phi) is 4.25. The Morgan fingerprint density at radius 3 is 2.50 bits per heavy atom. The second-order valence-electron chi connectivity index (χ2n) is 6.80. The molecule has 3 heteroatoms. The summed E-state index contributed by atoms with van der Waals surface area (Å²) in [6, 6.07) is 4.89. The highest BCUT2D eigenvalue weighted by atomic mass is 16.5. The summed E-state index contributed by atoms with van der Waals surface area (Å²) in [7, 11) is 0. The number of aromatic nitrogens is 1. The summed E-state index contributed by atoms with van der Waals surface area (Å²) in [6.45, 7) is 5.54. The van der Waals surface area contributed by atoms with Crippen LogP contribution in [0.1, 0.15) is 51.6 Å². The zero-order chi connectivity index (χ0) is 13.9. The van der Waals surface area contributed by atoms with Crippen LogP contribution in [0.2, 0.25) is 0 Å². The van der Waals surface area contributed by atoms with E-state index in [1.165, 1.54) is 32.1 Å². The van der Waals surface area contributed by atoms with Crippen molar-refractivity contribution >= 4 is 0 Å². The number of ether oxygens (including phenoxy) is 1. The summed E-state index contributed by atoms with van der Waals surface area (Å²) in [5.74, 6) is 2.48. The van der Waals surface area contributed by atoms with E-state index >= 15 is 0 Å². The van der Waals surface area contributed by atoms with Gasteiger partial charge in [-0.25, -0.2) is 0 Å². The third-order valence-electron chi connectivity index (χ3n) is 4.38. The average molecular weight is 274 g/mol. The minimum Gasteiger partial charge on any atom is -0.489 e. The van der Waals surface area contributed by atoms with Crippen LogP contribution < -0.4 is 10.1 Å². The van der Waals surface area contributed by atoms with Crippen molar-refractivity contribution in [1.82, 2.24) is 10.3 Å². The number of nitrogens with one attached hydrogen (secondary N) is 1. The molecule has 2 saturated carbocycles. The molecule has 3 rings (SSSR count). The summed E-state index contributed by atoms with van der Waals surface area (Å²) in [5.41, 5.74) is 1.11. The minimum absolute atomic E-state index is 0.367. The molecule has 20 heavy (non-hydrogen) atoms. The lowest BCUT2D eigenvalue weighted by Crippen LogP contribution is -2.28. The molecule has 2 aliphatic carbocycles. The Hall–Kier alpha value is -1.09. The van der Waals surface area contributed by atoms with E-state index in [1.807, 2.05) is 6.20 Å². The van der Waals surface area contributed by atoms with Gasteiger partial charge in [0.05, 0.1) is 18.0 Å². The second kappa shape index (κ2) is 6.13. The van der Waals surface area contributed by atoms with Crippen molar-refractivity contribution in [2.75, 3.05) is 0 Å². The predicted octanol–water partition coefficient (Wildman–Crippen LogP) is 3.54. The molecule has 0 amide bonds. The Balaban J connectivity index is 1.51. The second-order valence-corrected chi connectivity index (χ2v) is 6.80. The Bertz CT molecular complexity index is 417. The number of rotatable bonds is 5. The van der Waals surface area contributed by atoms with E-state index in [9.17, 15) is 0 Å². The maximum Gasteiger partial charge on any atom is 0.138 e. The average Bonchev–Trinajstić information content (AvgIpc) is 3.21. The lowest BCUT2D eigenvalue weighted by atomic mass is 9.82. The largest absolute Gasteiger partial charge is 0.489 e. The van der Waals surface area contributed by atoms with Gasteiger partial charge in [-0.3, -0.25) is 4.98 Å². The number of hydrogen-bond donors (Lipinski definition) is 1. The highest BCUT2D eigenvalue weighted by Crippen LogP contribution is 2.31. The number of hydrogen-bond acceptors (Lipinski definition) is 3. The van der Waals surface area contributed by atoms with Gasteiger partial charge in [0.1, 0.15) is 5.75 Å². The lowest BCUT2D eigenvalue weighted by Gasteiger charge is -2.31. The molecule has 3 nitrogen and oxygen atoms in total. The van der Waals surface area contributed by atoms with Crippen LogP contribution in [-0.2, 0) is 6.54 Å². The molecule has 1 aromatic heterocycles. The van der Waals surface area contributed by atoms with Crippen molar-refractivity contribution in [1.29, 1.82) is 0 Å². The first-order valence-electron chi connectivity index (χ1n) is 8.04. The zero-order valence-corrected chi connectivity index (χ0v) is 12.6. The molecule has 0 aliphatic heterocycles. The van der Waals surface area contributed by atoms with Crippen LogP contribution in [0.3, 0.4) is 0 Å². The topological polar surface area (TPSA) is 34.1 Å². The molecule has 1 N–H and O–H groups in total. The molecule has 2 fully saturated rings. The summed E-state index contributed by atoms with van der Waals surface area (Å²) < 4.78 is 6.11. The van der Waals surface area contributed by atoms with Gasteiger partial charge in [-0.1, -0.05) is 13.8 Å². The lowest BCUT2D eigenvalue weighted by molar-refractivity contribution is 0.101. The van der Waals surface area contributed by atoms with Crippen molar-refractivity contribution in [2.24, 2.45) is 11.8 Å². The monoisotopic (exact) mass is 274 g/mol. The first-order valence-corrected chi connectivity index (χ1v) is 8.04. The van der Waals surface area contributed by atoms with Gasteiger partial charge in [0.2, 0.25) is 0 Å². The van der Waals surface area contributed by atoms with Gasteiger partial charge in [0, 0.05) is 12.6 Å². The summed E-state index contributed by atoms with van der Waals surface area (Å²) >= 11 is 0. The summed E-state index contributed by atoms with van der Waals surface area (Å²) in [5, 5.41) is 3.48. The Labute approximate surface area is 122 Å². The summed E-state index contributed by atoms with van der Waals surface area (Å²) in [4.78, 5) is 4.49. The third kappa shape index (κ3) is 3.95. The molecule has 0 bridgehead atoms. The predicted molar refractivity (Wildman–Crippen MR) is 80.7 cm³/mol. The normalized spacial score (nSPS) is 30.2. The van der Waals surface area contributed by atoms with Crippen LogP contribution in [0.5, 0.6) is 5.75 Å². The van der Waals surface area contributed by atoms with Gasteiger partial charge < -0.3 is 10.1 Å². The maximum absolute atomic E-state index is 6.11. The highest BCUT2D eigenvalue weighted by molar-refractivity contribution is 5.20. The molecule has 110 valence electrons. The van der Waals surface area contributed by atoms with Gasteiger partial charge in [0.15, 0.2) is 0 Å². The van der Waals surface area contributed by atoms with E-state index in [0.717, 1.165) is 35.9 Å². The van der Waals surface area contributed by atoms with Crippen molar-refractivity contribution < 1.29 is 4.74 Å². The summed E-state index contributed by atoms with van der Waals surface area (Å²) in [6.07, 6.45) is 8.58. The van der Waals surface area contributed by atoms with Crippen LogP contribution in [0.4, 0.5) is 0 Å². The third-order valence-corrected chi connectivity index (χ3v) is 4.38. The van der Waals surface area contributed by atoms with Crippen molar-refractivity contribution in [3.8, 4) is 5.75 Å². The van der Waals surface area contributed by atoms with E-state index in [1.54, 1.807) is 0 Å². The molecule has 0 spiro atoms. The van der Waals surface area contributed by atoms with Gasteiger partial charge >= 0.3 is 0 Å². The van der Waals surface area contributed by atoms with Crippen LogP contribution in [0.25, 0.3) is 0 Å². The quantitative estimate of drug-likeness (QED) is 0.892. The molecule has 2 atom stereocenters. The van der Waals surface area contributed by atoms with E-state index < -0.39 is 0 Å². The molecular formula is C17H26N2O. The SMILES string of the molecule is CC1CC(C)CC(Oc2ccc(CNC3CC3)nc2)C1.